The van der Waals surface area contributed by atoms with Crippen molar-refractivity contribution in [3.63, 3.8) is 0 Å². The average molecular weight is 380 g/mol. The van der Waals surface area contributed by atoms with Crippen LogP contribution in [0.25, 0.3) is 6.08 Å². The molecule has 2 aromatic rings. The number of halogens is 1. The Morgan fingerprint density at radius 1 is 1.23 bits per heavy atom. The Balaban J connectivity index is 1.92. The lowest BCUT2D eigenvalue weighted by atomic mass is 10.1. The van der Waals surface area contributed by atoms with Gasteiger partial charge in [0.25, 0.3) is 0 Å². The van der Waals surface area contributed by atoms with Crippen LogP contribution in [0, 0.1) is 0 Å². The van der Waals surface area contributed by atoms with Crippen LogP contribution in [0.1, 0.15) is 16.0 Å². The van der Waals surface area contributed by atoms with Crippen LogP contribution in [0.15, 0.2) is 46.3 Å². The number of amides is 1. The molecule has 0 atom stereocenters. The van der Waals surface area contributed by atoms with Gasteiger partial charge < -0.3 is 10.2 Å². The summed E-state index contributed by atoms with van der Waals surface area (Å²) < 4.78 is 1.06. The van der Waals surface area contributed by atoms with Gasteiger partial charge in [0, 0.05) is 23.1 Å². The average Bonchev–Trinajstić information content (AvgIpc) is 2.89. The first-order valence-electron chi connectivity index (χ1n) is 7.11. The van der Waals surface area contributed by atoms with Gasteiger partial charge in [0.05, 0.1) is 17.9 Å². The quantitative estimate of drug-likeness (QED) is 0.742. The zero-order valence-electron chi connectivity index (χ0n) is 12.7. The summed E-state index contributed by atoms with van der Waals surface area (Å²) in [5, 5.41) is 2.95. The Bertz CT molecular complexity index is 664. The van der Waals surface area contributed by atoms with E-state index in [2.05, 4.69) is 47.5 Å². The minimum absolute atomic E-state index is 0.0727. The molecule has 116 valence electrons. The Kier molecular flexibility index (Phi) is 6.36. The molecule has 0 unspecified atom stereocenters. The Hall–Kier alpha value is -1.43. The number of thiophene rings is 1. The highest BCUT2D eigenvalue weighted by Crippen LogP contribution is 2.22. The predicted molar refractivity (Wildman–Crippen MR) is 95.9 cm³/mol. The van der Waals surface area contributed by atoms with Crippen LogP contribution in [0.3, 0.4) is 0 Å². The van der Waals surface area contributed by atoms with Gasteiger partial charge in [-0.2, -0.15) is 0 Å². The van der Waals surface area contributed by atoms with Crippen molar-refractivity contribution in [2.24, 2.45) is 0 Å². The predicted octanol–water partition coefficient (Wildman–Crippen LogP) is 2.48. The van der Waals surface area contributed by atoms with Crippen LogP contribution in [0.5, 0.6) is 0 Å². The zero-order valence-corrected chi connectivity index (χ0v) is 15.1. The molecular formula is C17H20BrN2OS+. The van der Waals surface area contributed by atoms with E-state index in [1.807, 2.05) is 30.3 Å². The standard InChI is InChI=1S/C17H19BrN2OS/c1-20(2)12-14-6-4-3-5-13(14)11-19-17(21)10-8-15-7-9-16(18)22-15/h3-10H,11-12H2,1-2H3,(H,19,21)/p+1/b10-8+. The van der Waals surface area contributed by atoms with E-state index in [1.165, 1.54) is 16.0 Å². The van der Waals surface area contributed by atoms with Crippen molar-refractivity contribution in [3.8, 4) is 0 Å². The number of carbonyl (C=O) groups excluding carboxylic acids is 1. The maximum Gasteiger partial charge on any atom is 0.244 e. The first-order chi connectivity index (χ1) is 10.5. The van der Waals surface area contributed by atoms with E-state index in [9.17, 15) is 4.79 Å². The van der Waals surface area contributed by atoms with E-state index < -0.39 is 0 Å². The molecule has 1 aromatic carbocycles. The molecule has 3 nitrogen and oxygen atoms in total. The zero-order chi connectivity index (χ0) is 15.9. The molecule has 2 N–H and O–H groups in total. The number of hydrogen-bond donors (Lipinski definition) is 2. The molecule has 0 aliphatic carbocycles. The Morgan fingerprint density at radius 2 is 1.95 bits per heavy atom. The smallest absolute Gasteiger partial charge is 0.244 e. The highest BCUT2D eigenvalue weighted by Gasteiger charge is 2.06. The summed E-state index contributed by atoms with van der Waals surface area (Å²) in [4.78, 5) is 14.3. The van der Waals surface area contributed by atoms with E-state index in [1.54, 1.807) is 17.4 Å². The number of hydrogen-bond acceptors (Lipinski definition) is 2. The summed E-state index contributed by atoms with van der Waals surface area (Å²) in [6.45, 7) is 1.51. The van der Waals surface area contributed by atoms with Gasteiger partial charge in [0.1, 0.15) is 6.54 Å². The second-order valence-corrected chi connectivity index (χ2v) is 7.84. The second kappa shape index (κ2) is 8.27. The van der Waals surface area contributed by atoms with Gasteiger partial charge in [-0.25, -0.2) is 0 Å². The monoisotopic (exact) mass is 379 g/mol. The molecule has 0 aliphatic heterocycles. The van der Waals surface area contributed by atoms with E-state index >= 15 is 0 Å². The van der Waals surface area contributed by atoms with Crippen LogP contribution < -0.4 is 10.2 Å². The number of quaternary nitrogens is 1. The maximum absolute atomic E-state index is 11.9. The molecule has 0 fully saturated rings. The molecule has 0 bridgehead atoms. The molecule has 0 radical (unpaired) electrons. The van der Waals surface area contributed by atoms with E-state index in [0.717, 1.165) is 15.2 Å². The fourth-order valence-corrected chi connectivity index (χ4v) is 3.43. The SMILES string of the molecule is C[NH+](C)Cc1ccccc1CNC(=O)/C=C/c1ccc(Br)s1. The number of benzene rings is 1. The van der Waals surface area contributed by atoms with Gasteiger partial charge >= 0.3 is 0 Å². The maximum atomic E-state index is 11.9. The van der Waals surface area contributed by atoms with E-state index in [0.29, 0.717) is 6.54 Å². The summed E-state index contributed by atoms with van der Waals surface area (Å²) in [5.41, 5.74) is 2.44. The number of nitrogens with one attached hydrogen (secondary N) is 2. The molecular weight excluding hydrogens is 360 g/mol. The van der Waals surface area contributed by atoms with Crippen molar-refractivity contribution in [2.45, 2.75) is 13.1 Å². The van der Waals surface area contributed by atoms with Gasteiger partial charge in [0.2, 0.25) is 5.91 Å². The van der Waals surface area contributed by atoms with Gasteiger partial charge in [-0.1, -0.05) is 24.3 Å². The van der Waals surface area contributed by atoms with Crippen molar-refractivity contribution < 1.29 is 9.69 Å². The van der Waals surface area contributed by atoms with Crippen molar-refractivity contribution >= 4 is 39.2 Å². The molecule has 22 heavy (non-hydrogen) atoms. The fourth-order valence-electron chi connectivity index (χ4n) is 2.10. The minimum atomic E-state index is -0.0727. The van der Waals surface area contributed by atoms with Crippen molar-refractivity contribution in [3.05, 3.63) is 62.3 Å². The molecule has 0 aliphatic rings. The third-order valence-electron chi connectivity index (χ3n) is 3.11. The van der Waals surface area contributed by atoms with Crippen LogP contribution in [0.2, 0.25) is 0 Å². The number of rotatable bonds is 6. The summed E-state index contributed by atoms with van der Waals surface area (Å²) in [7, 11) is 4.24. The van der Waals surface area contributed by atoms with E-state index in [4.69, 9.17) is 0 Å². The summed E-state index contributed by atoms with van der Waals surface area (Å²) in [6.07, 6.45) is 3.42. The summed E-state index contributed by atoms with van der Waals surface area (Å²) >= 11 is 5.01. The lowest BCUT2D eigenvalue weighted by Gasteiger charge is -2.12. The highest BCUT2D eigenvalue weighted by atomic mass is 79.9. The van der Waals surface area contributed by atoms with Crippen molar-refractivity contribution in [2.75, 3.05) is 14.1 Å². The van der Waals surface area contributed by atoms with Crippen molar-refractivity contribution in [1.82, 2.24) is 5.32 Å². The second-order valence-electron chi connectivity index (χ2n) is 5.35. The van der Waals surface area contributed by atoms with Crippen LogP contribution in [0.4, 0.5) is 0 Å². The third-order valence-corrected chi connectivity index (χ3v) is 4.70. The van der Waals surface area contributed by atoms with Gasteiger partial charge in [-0.05, 0) is 39.7 Å². The molecule has 0 saturated heterocycles. The molecule has 1 aromatic heterocycles. The molecule has 0 spiro atoms. The van der Waals surface area contributed by atoms with Crippen LogP contribution in [-0.4, -0.2) is 20.0 Å². The Labute approximate surface area is 143 Å². The summed E-state index contributed by atoms with van der Waals surface area (Å²) in [5.74, 6) is -0.0727. The van der Waals surface area contributed by atoms with Gasteiger partial charge in [0.15, 0.2) is 0 Å². The number of carbonyl (C=O) groups is 1. The van der Waals surface area contributed by atoms with Crippen LogP contribution >= 0.6 is 27.3 Å². The van der Waals surface area contributed by atoms with Crippen molar-refractivity contribution in [1.29, 1.82) is 0 Å². The molecule has 1 amide bonds. The lowest BCUT2D eigenvalue weighted by molar-refractivity contribution is -0.872. The topological polar surface area (TPSA) is 33.5 Å². The van der Waals surface area contributed by atoms with E-state index in [-0.39, 0.29) is 5.91 Å². The van der Waals surface area contributed by atoms with Gasteiger partial charge in [-0.3, -0.25) is 4.79 Å². The first kappa shape index (κ1) is 16.9. The molecule has 0 saturated carbocycles. The summed E-state index contributed by atoms with van der Waals surface area (Å²) in [6, 6.07) is 12.2. The molecule has 2 rings (SSSR count). The van der Waals surface area contributed by atoms with Gasteiger partial charge in [-0.15, -0.1) is 11.3 Å². The highest BCUT2D eigenvalue weighted by molar-refractivity contribution is 9.11. The lowest BCUT2D eigenvalue weighted by Crippen LogP contribution is -3.04. The third kappa shape index (κ3) is 5.40. The Morgan fingerprint density at radius 3 is 2.59 bits per heavy atom. The molecule has 5 heteroatoms. The van der Waals surface area contributed by atoms with Crippen LogP contribution in [-0.2, 0) is 17.9 Å². The molecule has 1 heterocycles. The minimum Gasteiger partial charge on any atom is -0.348 e. The normalized spacial score (nSPS) is 11.3. The fraction of sp³-hybridized carbons (Fsp3) is 0.235. The largest absolute Gasteiger partial charge is 0.348 e. The first-order valence-corrected chi connectivity index (χ1v) is 8.72.